The highest BCUT2D eigenvalue weighted by atomic mass is 32.1. The number of thiazole rings is 1. The van der Waals surface area contributed by atoms with E-state index in [0.717, 1.165) is 23.7 Å². The zero-order chi connectivity index (χ0) is 16.8. The van der Waals surface area contributed by atoms with Gasteiger partial charge in [0.15, 0.2) is 11.7 Å². The first-order valence-corrected chi connectivity index (χ1v) is 8.07. The van der Waals surface area contributed by atoms with E-state index in [1.165, 1.54) is 4.88 Å². The molecule has 0 atom stereocenters. The minimum atomic E-state index is -0.576. The van der Waals surface area contributed by atoms with Crippen LogP contribution < -0.4 is 16.4 Å². The summed E-state index contributed by atoms with van der Waals surface area (Å²) in [5, 5.41) is 7.45. The lowest BCUT2D eigenvalue weighted by Gasteiger charge is -2.10. The third-order valence-corrected chi connectivity index (χ3v) is 4.39. The van der Waals surface area contributed by atoms with Gasteiger partial charge in [0.25, 0.3) is 5.91 Å². The first kappa shape index (κ1) is 17.0. The Morgan fingerprint density at radius 1 is 1.39 bits per heavy atom. The van der Waals surface area contributed by atoms with E-state index in [4.69, 9.17) is 10.2 Å². The summed E-state index contributed by atoms with van der Waals surface area (Å²) < 4.78 is 5.30. The molecule has 0 radical (unpaired) electrons. The molecule has 0 spiro atoms. The molecule has 1 amide bonds. The van der Waals surface area contributed by atoms with Gasteiger partial charge in [-0.25, -0.2) is 4.98 Å². The Morgan fingerprint density at radius 2 is 2.17 bits per heavy atom. The Morgan fingerprint density at radius 3 is 2.74 bits per heavy atom. The summed E-state index contributed by atoms with van der Waals surface area (Å²) in [7, 11) is 1.70. The Kier molecular flexibility index (Phi) is 5.75. The molecule has 0 aliphatic carbocycles. The number of aromatic nitrogens is 1. The minimum Gasteiger partial charge on any atom is -0.454 e. The summed E-state index contributed by atoms with van der Waals surface area (Å²) in [6, 6.07) is 3.27. The quantitative estimate of drug-likeness (QED) is 0.546. The van der Waals surface area contributed by atoms with Gasteiger partial charge in [0.1, 0.15) is 5.76 Å². The second-order valence-electron chi connectivity index (χ2n) is 4.98. The van der Waals surface area contributed by atoms with Gasteiger partial charge in [0.05, 0.1) is 17.2 Å². The van der Waals surface area contributed by atoms with Crippen molar-refractivity contribution >= 4 is 23.2 Å². The molecule has 0 aliphatic heterocycles. The van der Waals surface area contributed by atoms with Gasteiger partial charge in [-0.3, -0.25) is 9.79 Å². The number of carbonyl (C=O) groups excluding carboxylic acids is 1. The molecule has 2 aromatic rings. The lowest BCUT2D eigenvalue weighted by Crippen LogP contribution is -2.37. The van der Waals surface area contributed by atoms with Gasteiger partial charge in [-0.2, -0.15) is 0 Å². The fourth-order valence-electron chi connectivity index (χ4n) is 1.93. The number of aliphatic imine (C=N–C) groups is 1. The molecule has 0 fully saturated rings. The second kappa shape index (κ2) is 7.77. The molecular weight excluding hydrogens is 314 g/mol. The van der Waals surface area contributed by atoms with E-state index >= 15 is 0 Å². The molecule has 23 heavy (non-hydrogen) atoms. The largest absolute Gasteiger partial charge is 0.454 e. The van der Waals surface area contributed by atoms with E-state index in [0.29, 0.717) is 18.3 Å². The maximum absolute atomic E-state index is 11.0. The fourth-order valence-corrected chi connectivity index (χ4v) is 2.86. The second-order valence-corrected chi connectivity index (χ2v) is 6.27. The number of amides is 1. The minimum absolute atomic E-state index is 0.152. The maximum Gasteiger partial charge on any atom is 0.284 e. The summed E-state index contributed by atoms with van der Waals surface area (Å²) in [5.41, 5.74) is 6.24. The van der Waals surface area contributed by atoms with Crippen LogP contribution in [0.4, 0.5) is 0 Å². The van der Waals surface area contributed by atoms with Gasteiger partial charge in [-0.05, 0) is 26.0 Å². The Labute approximate surface area is 139 Å². The summed E-state index contributed by atoms with van der Waals surface area (Å²) >= 11 is 1.72. The summed E-state index contributed by atoms with van der Waals surface area (Å²) in [5.74, 6) is 0.854. The SMILES string of the molecule is CN=C(NCCc1nc(C)c(C)s1)NCc1ccc(C(N)=O)o1. The zero-order valence-electron chi connectivity index (χ0n) is 13.5. The molecule has 2 heterocycles. The van der Waals surface area contributed by atoms with E-state index in [2.05, 4.69) is 27.5 Å². The van der Waals surface area contributed by atoms with Crippen molar-refractivity contribution in [1.29, 1.82) is 0 Å². The highest BCUT2D eigenvalue weighted by Gasteiger charge is 2.08. The Bertz CT molecular complexity index is 685. The van der Waals surface area contributed by atoms with Gasteiger partial charge < -0.3 is 20.8 Å². The Hall–Kier alpha value is -2.35. The smallest absolute Gasteiger partial charge is 0.284 e. The number of nitrogens with two attached hydrogens (primary N) is 1. The van der Waals surface area contributed by atoms with Gasteiger partial charge in [0.2, 0.25) is 0 Å². The average Bonchev–Trinajstić information content (AvgIpc) is 3.10. The topological polar surface area (TPSA) is 106 Å². The Balaban J connectivity index is 1.77. The predicted octanol–water partition coefficient (Wildman–Crippen LogP) is 1.36. The standard InChI is InChI=1S/C15H21N5O2S/c1-9-10(2)23-13(20-9)6-7-18-15(17-3)19-8-11-4-5-12(22-11)14(16)21/h4-5H,6-8H2,1-3H3,(H2,16,21)(H2,17,18,19). The third kappa shape index (κ3) is 4.82. The van der Waals surface area contributed by atoms with Crippen molar-refractivity contribution in [1.82, 2.24) is 15.6 Å². The molecule has 0 aromatic carbocycles. The van der Waals surface area contributed by atoms with E-state index in [9.17, 15) is 4.79 Å². The van der Waals surface area contributed by atoms with Crippen LogP contribution in [-0.4, -0.2) is 30.4 Å². The molecule has 7 nitrogen and oxygen atoms in total. The first-order chi connectivity index (χ1) is 11.0. The molecule has 0 aliphatic rings. The zero-order valence-corrected chi connectivity index (χ0v) is 14.3. The van der Waals surface area contributed by atoms with Gasteiger partial charge in [-0.1, -0.05) is 0 Å². The van der Waals surface area contributed by atoms with Crippen molar-refractivity contribution in [3.63, 3.8) is 0 Å². The molecule has 0 bridgehead atoms. The van der Waals surface area contributed by atoms with Crippen LogP contribution in [0.25, 0.3) is 0 Å². The fraction of sp³-hybridized carbons (Fsp3) is 0.400. The molecule has 0 saturated heterocycles. The van der Waals surface area contributed by atoms with Crippen LogP contribution in [0.15, 0.2) is 21.5 Å². The van der Waals surface area contributed by atoms with Crippen LogP contribution >= 0.6 is 11.3 Å². The van der Waals surface area contributed by atoms with Crippen LogP contribution in [0, 0.1) is 13.8 Å². The van der Waals surface area contributed by atoms with E-state index in [1.807, 2.05) is 6.92 Å². The van der Waals surface area contributed by atoms with E-state index in [1.54, 1.807) is 30.5 Å². The molecular formula is C15H21N5O2S. The van der Waals surface area contributed by atoms with Crippen molar-refractivity contribution in [3.8, 4) is 0 Å². The highest BCUT2D eigenvalue weighted by molar-refractivity contribution is 7.11. The van der Waals surface area contributed by atoms with Gasteiger partial charge in [-0.15, -0.1) is 11.3 Å². The molecule has 8 heteroatoms. The van der Waals surface area contributed by atoms with Crippen molar-refractivity contribution in [2.24, 2.45) is 10.7 Å². The van der Waals surface area contributed by atoms with Crippen molar-refractivity contribution < 1.29 is 9.21 Å². The summed E-state index contributed by atoms with van der Waals surface area (Å²) in [6.07, 6.45) is 0.840. The molecule has 0 unspecified atom stereocenters. The number of furan rings is 1. The van der Waals surface area contributed by atoms with Crippen molar-refractivity contribution in [3.05, 3.63) is 39.2 Å². The van der Waals surface area contributed by atoms with Crippen LogP contribution in [-0.2, 0) is 13.0 Å². The highest BCUT2D eigenvalue weighted by Crippen LogP contribution is 2.16. The number of hydrogen-bond donors (Lipinski definition) is 3. The number of nitrogens with one attached hydrogen (secondary N) is 2. The number of guanidine groups is 1. The predicted molar refractivity (Wildman–Crippen MR) is 90.7 cm³/mol. The molecule has 124 valence electrons. The molecule has 4 N–H and O–H groups in total. The monoisotopic (exact) mass is 335 g/mol. The van der Waals surface area contributed by atoms with E-state index in [-0.39, 0.29) is 5.76 Å². The average molecular weight is 335 g/mol. The molecule has 2 aromatic heterocycles. The number of rotatable bonds is 6. The lowest BCUT2D eigenvalue weighted by atomic mass is 10.4. The molecule has 2 rings (SSSR count). The van der Waals surface area contributed by atoms with Gasteiger partial charge in [0, 0.05) is 24.9 Å². The molecule has 0 saturated carbocycles. The van der Waals surface area contributed by atoms with Crippen molar-refractivity contribution in [2.75, 3.05) is 13.6 Å². The number of primary amides is 1. The van der Waals surface area contributed by atoms with Crippen LogP contribution in [0.1, 0.15) is 31.9 Å². The number of carbonyl (C=O) groups is 1. The number of nitrogens with zero attached hydrogens (tertiary/aromatic N) is 2. The van der Waals surface area contributed by atoms with Crippen LogP contribution in [0.2, 0.25) is 0 Å². The number of hydrogen-bond acceptors (Lipinski definition) is 5. The normalized spacial score (nSPS) is 11.5. The lowest BCUT2D eigenvalue weighted by molar-refractivity contribution is 0.0972. The van der Waals surface area contributed by atoms with Crippen molar-refractivity contribution in [2.45, 2.75) is 26.8 Å². The summed E-state index contributed by atoms with van der Waals surface area (Å²) in [6.45, 7) is 5.25. The third-order valence-electron chi connectivity index (χ3n) is 3.26. The van der Waals surface area contributed by atoms with Crippen LogP contribution in [0.3, 0.4) is 0 Å². The number of aryl methyl sites for hydroxylation is 2. The van der Waals surface area contributed by atoms with E-state index < -0.39 is 5.91 Å². The van der Waals surface area contributed by atoms with Gasteiger partial charge >= 0.3 is 0 Å². The first-order valence-electron chi connectivity index (χ1n) is 7.25. The maximum atomic E-state index is 11.0. The summed E-state index contributed by atoms with van der Waals surface area (Å²) in [4.78, 5) is 20.9. The van der Waals surface area contributed by atoms with Crippen LogP contribution in [0.5, 0.6) is 0 Å².